The topological polar surface area (TPSA) is 92.2 Å². The van der Waals surface area contributed by atoms with Gasteiger partial charge in [0.2, 0.25) is 0 Å². The van der Waals surface area contributed by atoms with Crippen molar-refractivity contribution in [2.75, 3.05) is 0 Å². The van der Waals surface area contributed by atoms with Gasteiger partial charge in [0.25, 0.3) is 11.5 Å². The number of aromatic amines is 1. The minimum atomic E-state index is -0.360. The van der Waals surface area contributed by atoms with E-state index in [1.165, 1.54) is 5.56 Å². The molecule has 0 saturated heterocycles. The van der Waals surface area contributed by atoms with Crippen molar-refractivity contribution in [3.8, 4) is 11.3 Å². The largest absolute Gasteiger partial charge is 0.348 e. The maximum absolute atomic E-state index is 12.8. The zero-order valence-corrected chi connectivity index (χ0v) is 17.7. The number of rotatable bonds is 4. The molecular weight excluding hydrogens is 402 g/mol. The predicted octanol–water partition coefficient (Wildman–Crippen LogP) is 3.78. The molecule has 3 aromatic carbocycles. The first-order valence-electron chi connectivity index (χ1n) is 10.3. The van der Waals surface area contributed by atoms with E-state index in [4.69, 9.17) is 0 Å². The maximum atomic E-state index is 12.8. The summed E-state index contributed by atoms with van der Waals surface area (Å²) in [6.45, 7) is 4.45. The summed E-state index contributed by atoms with van der Waals surface area (Å²) < 4.78 is 1.64. The van der Waals surface area contributed by atoms with E-state index >= 15 is 0 Å². The van der Waals surface area contributed by atoms with Crippen molar-refractivity contribution in [3.63, 3.8) is 0 Å². The molecular formula is C25H21N5O2. The molecule has 5 rings (SSSR count). The Morgan fingerprint density at radius 3 is 2.38 bits per heavy atom. The first-order chi connectivity index (χ1) is 15.5. The van der Waals surface area contributed by atoms with Gasteiger partial charge in [-0.3, -0.25) is 9.59 Å². The summed E-state index contributed by atoms with van der Waals surface area (Å²) >= 11 is 0. The third-order valence-corrected chi connectivity index (χ3v) is 5.52. The Balaban J connectivity index is 1.52. The average molecular weight is 423 g/mol. The number of aryl methyl sites for hydroxylation is 2. The molecule has 158 valence electrons. The van der Waals surface area contributed by atoms with Crippen molar-refractivity contribution in [2.45, 2.75) is 20.4 Å². The Kier molecular flexibility index (Phi) is 4.78. The van der Waals surface area contributed by atoms with E-state index in [9.17, 15) is 9.59 Å². The lowest BCUT2D eigenvalue weighted by atomic mass is 10.1. The summed E-state index contributed by atoms with van der Waals surface area (Å²) in [7, 11) is 0. The van der Waals surface area contributed by atoms with E-state index in [0.717, 1.165) is 16.7 Å². The molecule has 0 aliphatic rings. The summed E-state index contributed by atoms with van der Waals surface area (Å²) in [5.74, 6) is -0.219. The fourth-order valence-corrected chi connectivity index (χ4v) is 3.66. The van der Waals surface area contributed by atoms with Gasteiger partial charge in [0.15, 0.2) is 5.65 Å². The lowest BCUT2D eigenvalue weighted by Crippen LogP contribution is -2.23. The van der Waals surface area contributed by atoms with Gasteiger partial charge in [-0.1, -0.05) is 59.7 Å². The van der Waals surface area contributed by atoms with Gasteiger partial charge in [-0.25, -0.2) is 9.73 Å². The molecule has 0 aliphatic heterocycles. The van der Waals surface area contributed by atoms with Crippen LogP contribution in [0.15, 0.2) is 71.5 Å². The second-order valence-corrected chi connectivity index (χ2v) is 7.90. The fraction of sp³-hybridized carbons (Fsp3) is 0.120. The van der Waals surface area contributed by atoms with E-state index in [2.05, 4.69) is 20.6 Å². The molecule has 7 heteroatoms. The van der Waals surface area contributed by atoms with Gasteiger partial charge in [-0.2, -0.15) is 10.1 Å². The highest BCUT2D eigenvalue weighted by atomic mass is 16.1. The number of fused-ring (bicyclic) bond motifs is 3. The Morgan fingerprint density at radius 1 is 0.969 bits per heavy atom. The SMILES string of the molecule is Cc1ccc(CNC(=O)c2ccc3c(=O)nc4c(-c5ccc(C)cc5)n[nH]n4c3c2)cc1. The van der Waals surface area contributed by atoms with E-state index in [1.54, 1.807) is 22.7 Å². The predicted molar refractivity (Wildman–Crippen MR) is 124 cm³/mol. The van der Waals surface area contributed by atoms with Gasteiger partial charge in [0.05, 0.1) is 10.9 Å². The molecule has 0 bridgehead atoms. The molecule has 0 spiro atoms. The van der Waals surface area contributed by atoms with Crippen molar-refractivity contribution < 1.29 is 4.79 Å². The van der Waals surface area contributed by atoms with Gasteiger partial charge in [0, 0.05) is 17.7 Å². The fourth-order valence-electron chi connectivity index (χ4n) is 3.66. The number of amides is 1. The number of nitrogens with zero attached hydrogens (tertiary/aromatic N) is 3. The van der Waals surface area contributed by atoms with Crippen LogP contribution in [0.2, 0.25) is 0 Å². The van der Waals surface area contributed by atoms with Crippen molar-refractivity contribution in [3.05, 3.63) is 99.3 Å². The number of aromatic nitrogens is 4. The van der Waals surface area contributed by atoms with Gasteiger partial charge < -0.3 is 5.32 Å². The zero-order chi connectivity index (χ0) is 22.2. The minimum Gasteiger partial charge on any atom is -0.348 e. The smallest absolute Gasteiger partial charge is 0.281 e. The van der Waals surface area contributed by atoms with Crippen LogP contribution in [-0.2, 0) is 6.54 Å². The van der Waals surface area contributed by atoms with Gasteiger partial charge in [0.1, 0.15) is 5.69 Å². The summed E-state index contributed by atoms with van der Waals surface area (Å²) in [6, 6.07) is 20.8. The maximum Gasteiger partial charge on any atom is 0.281 e. The zero-order valence-electron chi connectivity index (χ0n) is 17.7. The van der Waals surface area contributed by atoms with Crippen LogP contribution in [0.5, 0.6) is 0 Å². The number of nitrogens with one attached hydrogen (secondary N) is 2. The van der Waals surface area contributed by atoms with Crippen LogP contribution >= 0.6 is 0 Å². The van der Waals surface area contributed by atoms with Crippen LogP contribution in [0.1, 0.15) is 27.0 Å². The van der Waals surface area contributed by atoms with Crippen LogP contribution in [-0.4, -0.2) is 25.7 Å². The summed E-state index contributed by atoms with van der Waals surface area (Å²) in [6.07, 6.45) is 0. The number of hydrogen-bond donors (Lipinski definition) is 2. The van der Waals surface area contributed by atoms with Crippen molar-refractivity contribution in [1.82, 2.24) is 25.1 Å². The monoisotopic (exact) mass is 423 g/mol. The van der Waals surface area contributed by atoms with Crippen molar-refractivity contribution in [1.29, 1.82) is 0 Å². The van der Waals surface area contributed by atoms with E-state index in [0.29, 0.717) is 34.4 Å². The molecule has 0 aliphatic carbocycles. The number of hydrogen-bond acceptors (Lipinski definition) is 4. The van der Waals surface area contributed by atoms with Gasteiger partial charge in [-0.15, -0.1) is 0 Å². The van der Waals surface area contributed by atoms with Gasteiger partial charge in [-0.05, 0) is 37.6 Å². The Bertz CT molecular complexity index is 1510. The quantitative estimate of drug-likeness (QED) is 0.460. The standard InChI is InChI=1S/C25H21N5O2/c1-15-3-7-17(8-4-15)14-26-24(31)19-11-12-20-21(13-19)30-23(27-25(20)32)22(28-29-30)18-9-5-16(2)6-10-18/h3-13,29H,14H2,1-2H3,(H,26,31). The third kappa shape index (κ3) is 3.54. The van der Waals surface area contributed by atoms with E-state index < -0.39 is 0 Å². The first-order valence-corrected chi connectivity index (χ1v) is 10.3. The molecule has 0 fully saturated rings. The first kappa shape index (κ1) is 19.7. The molecule has 1 amide bonds. The third-order valence-electron chi connectivity index (χ3n) is 5.52. The second-order valence-electron chi connectivity index (χ2n) is 7.90. The van der Waals surface area contributed by atoms with Crippen molar-refractivity contribution >= 4 is 22.5 Å². The highest BCUT2D eigenvalue weighted by Crippen LogP contribution is 2.23. The molecule has 32 heavy (non-hydrogen) atoms. The molecule has 2 aromatic heterocycles. The Labute approximate surface area is 183 Å². The number of carbonyl (C=O) groups is 1. The Hall–Kier alpha value is -4.26. The number of carbonyl (C=O) groups excluding carboxylic acids is 1. The van der Waals surface area contributed by atoms with E-state index in [1.807, 2.05) is 62.4 Å². The molecule has 0 atom stereocenters. The number of benzene rings is 3. The summed E-state index contributed by atoms with van der Waals surface area (Å²) in [4.78, 5) is 29.7. The van der Waals surface area contributed by atoms with Crippen LogP contribution in [0.4, 0.5) is 0 Å². The average Bonchev–Trinajstić information content (AvgIpc) is 3.22. The van der Waals surface area contributed by atoms with Crippen LogP contribution in [0.3, 0.4) is 0 Å². The molecule has 0 saturated carbocycles. The highest BCUT2D eigenvalue weighted by molar-refractivity contribution is 5.98. The molecule has 2 N–H and O–H groups in total. The minimum absolute atomic E-state index is 0.219. The molecule has 2 heterocycles. The van der Waals surface area contributed by atoms with Crippen LogP contribution < -0.4 is 10.9 Å². The summed E-state index contributed by atoms with van der Waals surface area (Å²) in [5.41, 5.74) is 5.82. The second kappa shape index (κ2) is 7.77. The normalized spacial score (nSPS) is 11.2. The van der Waals surface area contributed by atoms with Crippen LogP contribution in [0, 0.1) is 13.8 Å². The molecule has 0 radical (unpaired) electrons. The molecule has 7 nitrogen and oxygen atoms in total. The Morgan fingerprint density at radius 2 is 1.66 bits per heavy atom. The molecule has 5 aromatic rings. The van der Waals surface area contributed by atoms with Crippen LogP contribution in [0.25, 0.3) is 27.8 Å². The van der Waals surface area contributed by atoms with Crippen molar-refractivity contribution in [2.24, 2.45) is 0 Å². The lowest BCUT2D eigenvalue weighted by Gasteiger charge is -2.07. The van der Waals surface area contributed by atoms with E-state index in [-0.39, 0.29) is 11.5 Å². The summed E-state index contributed by atoms with van der Waals surface area (Å²) in [5, 5.41) is 10.7. The van der Waals surface area contributed by atoms with Gasteiger partial charge >= 0.3 is 0 Å². The highest BCUT2D eigenvalue weighted by Gasteiger charge is 2.15. The lowest BCUT2D eigenvalue weighted by molar-refractivity contribution is 0.0951. The number of H-pyrrole nitrogens is 1. The molecule has 0 unspecified atom stereocenters.